The standard InChI is InChI=1S/C40H24FN5/c41-31-15-9-14-29(23-31)30-19-21-34(37(24-30)46-35-17-8-7-16-32(35)33-20-18-26(25-42)22-36(33)46)40-44-38(27-10-3-1-4-11-27)43-39(45-40)28-12-5-2-6-13-28/h1-24H. The van der Waals surface area contributed by atoms with E-state index < -0.39 is 0 Å². The maximum atomic E-state index is 14.4. The molecule has 0 radical (unpaired) electrons. The zero-order chi connectivity index (χ0) is 31.0. The third-order valence-corrected chi connectivity index (χ3v) is 8.14. The van der Waals surface area contributed by atoms with E-state index in [9.17, 15) is 9.65 Å². The quantitative estimate of drug-likeness (QED) is 0.199. The Balaban J connectivity index is 1.47. The van der Waals surface area contributed by atoms with Gasteiger partial charge in [0, 0.05) is 27.5 Å². The molecule has 0 saturated heterocycles. The Morgan fingerprint density at radius 2 is 1.11 bits per heavy atom. The van der Waals surface area contributed by atoms with Gasteiger partial charge in [-0.25, -0.2) is 19.3 Å². The van der Waals surface area contributed by atoms with Gasteiger partial charge in [-0.05, 0) is 53.6 Å². The Morgan fingerprint density at radius 3 is 1.80 bits per heavy atom. The number of fused-ring (bicyclic) bond motifs is 3. The third kappa shape index (κ3) is 4.77. The maximum Gasteiger partial charge on any atom is 0.166 e. The molecule has 2 aromatic heterocycles. The second kappa shape index (κ2) is 11.2. The molecule has 5 nitrogen and oxygen atoms in total. The first-order chi connectivity index (χ1) is 22.7. The SMILES string of the molecule is N#Cc1ccc2c3ccccc3n(-c3cc(-c4cccc(F)c4)ccc3-c3nc(-c4ccccc4)nc(-c4ccccc4)n3)c2c1. The Labute approximate surface area is 264 Å². The molecule has 0 amide bonds. The predicted molar refractivity (Wildman–Crippen MR) is 181 cm³/mol. The van der Waals surface area contributed by atoms with Crippen LogP contribution in [0.3, 0.4) is 0 Å². The van der Waals surface area contributed by atoms with Crippen molar-refractivity contribution in [3.05, 3.63) is 157 Å². The fraction of sp³-hybridized carbons (Fsp3) is 0. The molecule has 8 aromatic rings. The molecule has 0 aliphatic carbocycles. The number of hydrogen-bond acceptors (Lipinski definition) is 4. The van der Waals surface area contributed by atoms with Gasteiger partial charge in [0.05, 0.1) is 28.4 Å². The molecule has 0 aliphatic heterocycles. The third-order valence-electron chi connectivity index (χ3n) is 8.14. The van der Waals surface area contributed by atoms with Gasteiger partial charge in [-0.3, -0.25) is 0 Å². The topological polar surface area (TPSA) is 67.4 Å². The van der Waals surface area contributed by atoms with E-state index >= 15 is 0 Å². The Kier molecular flexibility index (Phi) is 6.63. The van der Waals surface area contributed by atoms with E-state index in [1.54, 1.807) is 6.07 Å². The van der Waals surface area contributed by atoms with E-state index in [-0.39, 0.29) is 5.82 Å². The maximum absolute atomic E-state index is 14.4. The second-order valence-electron chi connectivity index (χ2n) is 11.0. The molecule has 0 saturated carbocycles. The summed E-state index contributed by atoms with van der Waals surface area (Å²) in [6.07, 6.45) is 0. The molecule has 6 aromatic carbocycles. The summed E-state index contributed by atoms with van der Waals surface area (Å²) >= 11 is 0. The summed E-state index contributed by atoms with van der Waals surface area (Å²) in [5.41, 5.74) is 7.28. The lowest BCUT2D eigenvalue weighted by atomic mass is 10.0. The predicted octanol–water partition coefficient (Wildman–Crippen LogP) is 9.65. The number of nitrogens with zero attached hydrogens (tertiary/aromatic N) is 5. The molecular weight excluding hydrogens is 569 g/mol. The van der Waals surface area contributed by atoms with Crippen LogP contribution in [-0.2, 0) is 0 Å². The van der Waals surface area contributed by atoms with Crippen molar-refractivity contribution in [2.75, 3.05) is 0 Å². The minimum absolute atomic E-state index is 0.309. The van der Waals surface area contributed by atoms with Gasteiger partial charge in [-0.2, -0.15) is 5.26 Å². The molecule has 46 heavy (non-hydrogen) atoms. The number of hydrogen-bond donors (Lipinski definition) is 0. The minimum Gasteiger partial charge on any atom is -0.308 e. The highest BCUT2D eigenvalue weighted by atomic mass is 19.1. The lowest BCUT2D eigenvalue weighted by Crippen LogP contribution is -2.04. The van der Waals surface area contributed by atoms with Crippen LogP contribution in [0.2, 0.25) is 0 Å². The fourth-order valence-electron chi connectivity index (χ4n) is 5.98. The number of rotatable bonds is 5. The second-order valence-corrected chi connectivity index (χ2v) is 11.0. The number of nitriles is 1. The summed E-state index contributed by atoms with van der Waals surface area (Å²) in [5, 5.41) is 11.9. The van der Waals surface area contributed by atoms with Crippen LogP contribution in [0.25, 0.3) is 72.8 Å². The zero-order valence-electron chi connectivity index (χ0n) is 24.5. The van der Waals surface area contributed by atoms with Crippen LogP contribution in [0.4, 0.5) is 4.39 Å². The van der Waals surface area contributed by atoms with Gasteiger partial charge < -0.3 is 4.57 Å². The Bertz CT molecular complexity index is 2390. The Morgan fingerprint density at radius 1 is 0.500 bits per heavy atom. The highest BCUT2D eigenvalue weighted by Crippen LogP contribution is 2.38. The number of aromatic nitrogens is 4. The largest absolute Gasteiger partial charge is 0.308 e. The molecule has 0 atom stereocenters. The van der Waals surface area contributed by atoms with Gasteiger partial charge in [-0.15, -0.1) is 0 Å². The summed E-state index contributed by atoms with van der Waals surface area (Å²) < 4.78 is 16.6. The van der Waals surface area contributed by atoms with Crippen molar-refractivity contribution >= 4 is 21.8 Å². The fourth-order valence-corrected chi connectivity index (χ4v) is 5.98. The van der Waals surface area contributed by atoms with Crippen LogP contribution in [0.1, 0.15) is 5.56 Å². The van der Waals surface area contributed by atoms with Gasteiger partial charge in [0.2, 0.25) is 0 Å². The van der Waals surface area contributed by atoms with Crippen molar-refractivity contribution in [1.82, 2.24) is 19.5 Å². The van der Waals surface area contributed by atoms with Crippen LogP contribution in [0, 0.1) is 17.1 Å². The highest BCUT2D eigenvalue weighted by Gasteiger charge is 2.20. The van der Waals surface area contributed by atoms with E-state index in [2.05, 4.69) is 22.8 Å². The van der Waals surface area contributed by atoms with Crippen LogP contribution in [0.15, 0.2) is 146 Å². The molecule has 0 spiro atoms. The average molecular weight is 594 g/mol. The minimum atomic E-state index is -0.309. The normalized spacial score (nSPS) is 11.1. The summed E-state index contributed by atoms with van der Waals surface area (Å²) in [6, 6.07) is 48.5. The van der Waals surface area contributed by atoms with Crippen LogP contribution in [-0.4, -0.2) is 19.5 Å². The van der Waals surface area contributed by atoms with E-state index in [1.807, 2.05) is 115 Å². The monoisotopic (exact) mass is 593 g/mol. The van der Waals surface area contributed by atoms with Crippen molar-refractivity contribution in [3.63, 3.8) is 0 Å². The van der Waals surface area contributed by atoms with Gasteiger partial charge in [-0.1, -0.05) is 103 Å². The van der Waals surface area contributed by atoms with E-state index in [1.165, 1.54) is 12.1 Å². The van der Waals surface area contributed by atoms with Crippen molar-refractivity contribution < 1.29 is 4.39 Å². The molecule has 8 rings (SSSR count). The summed E-state index contributed by atoms with van der Waals surface area (Å²) in [4.78, 5) is 14.9. The summed E-state index contributed by atoms with van der Waals surface area (Å²) in [7, 11) is 0. The van der Waals surface area contributed by atoms with E-state index in [0.717, 1.165) is 55.3 Å². The van der Waals surface area contributed by atoms with Gasteiger partial charge in [0.15, 0.2) is 17.5 Å². The Hall–Kier alpha value is -6.45. The molecule has 6 heteroatoms. The number of halogens is 1. The van der Waals surface area contributed by atoms with E-state index in [4.69, 9.17) is 15.0 Å². The van der Waals surface area contributed by atoms with Gasteiger partial charge >= 0.3 is 0 Å². The van der Waals surface area contributed by atoms with E-state index in [0.29, 0.717) is 23.0 Å². The average Bonchev–Trinajstić information content (AvgIpc) is 3.45. The van der Waals surface area contributed by atoms with Crippen LogP contribution < -0.4 is 0 Å². The summed E-state index contributed by atoms with van der Waals surface area (Å²) in [5.74, 6) is 1.30. The number of para-hydroxylation sites is 1. The first kappa shape index (κ1) is 27.1. The highest BCUT2D eigenvalue weighted by molar-refractivity contribution is 6.10. The molecule has 0 aliphatic rings. The zero-order valence-corrected chi connectivity index (χ0v) is 24.5. The molecule has 0 bridgehead atoms. The lowest BCUT2D eigenvalue weighted by molar-refractivity contribution is 0.628. The van der Waals surface area contributed by atoms with Crippen molar-refractivity contribution in [2.24, 2.45) is 0 Å². The van der Waals surface area contributed by atoms with Crippen molar-refractivity contribution in [2.45, 2.75) is 0 Å². The first-order valence-corrected chi connectivity index (χ1v) is 14.9. The molecule has 0 unspecified atom stereocenters. The van der Waals surface area contributed by atoms with Crippen LogP contribution >= 0.6 is 0 Å². The van der Waals surface area contributed by atoms with Crippen LogP contribution in [0.5, 0.6) is 0 Å². The molecular formula is C40H24FN5. The molecule has 2 heterocycles. The first-order valence-electron chi connectivity index (χ1n) is 14.9. The molecule has 0 fully saturated rings. The van der Waals surface area contributed by atoms with Gasteiger partial charge in [0.1, 0.15) is 5.82 Å². The summed E-state index contributed by atoms with van der Waals surface area (Å²) in [6.45, 7) is 0. The molecule has 0 N–H and O–H groups in total. The lowest BCUT2D eigenvalue weighted by Gasteiger charge is -2.16. The number of benzene rings is 6. The molecule has 216 valence electrons. The van der Waals surface area contributed by atoms with Crippen molar-refractivity contribution in [3.8, 4) is 57.0 Å². The smallest absolute Gasteiger partial charge is 0.166 e. The van der Waals surface area contributed by atoms with Gasteiger partial charge in [0.25, 0.3) is 0 Å². The van der Waals surface area contributed by atoms with Crippen molar-refractivity contribution in [1.29, 1.82) is 5.26 Å².